The number of halogens is 1. The number of piperidine rings is 1. The molecular formula is C13H18FNO3S. The molecule has 1 N–H and O–H groups in total. The van der Waals surface area contributed by atoms with Gasteiger partial charge in [-0.05, 0) is 36.5 Å². The van der Waals surface area contributed by atoms with Gasteiger partial charge in [0.15, 0.2) is 0 Å². The molecule has 1 aliphatic heterocycles. The van der Waals surface area contributed by atoms with Crippen molar-refractivity contribution >= 4 is 10.0 Å². The van der Waals surface area contributed by atoms with Crippen molar-refractivity contribution in [2.24, 2.45) is 5.92 Å². The predicted molar refractivity (Wildman–Crippen MR) is 69.5 cm³/mol. The van der Waals surface area contributed by atoms with Gasteiger partial charge in [0, 0.05) is 13.1 Å². The Morgan fingerprint density at radius 1 is 1.47 bits per heavy atom. The summed E-state index contributed by atoms with van der Waals surface area (Å²) < 4.78 is 40.0. The van der Waals surface area contributed by atoms with Crippen molar-refractivity contribution in [3.8, 4) is 0 Å². The highest BCUT2D eigenvalue weighted by Gasteiger charge is 2.30. The number of rotatable bonds is 3. The molecule has 0 radical (unpaired) electrons. The molecule has 0 bridgehead atoms. The maximum atomic E-state index is 13.8. The summed E-state index contributed by atoms with van der Waals surface area (Å²) in [5.41, 5.74) is 0.394. The summed E-state index contributed by atoms with van der Waals surface area (Å²) in [5.74, 6) is -0.483. The molecule has 6 heteroatoms. The molecule has 1 aromatic rings. The predicted octanol–water partition coefficient (Wildman–Crippen LogP) is 1.74. The minimum Gasteiger partial charge on any atom is -0.392 e. The number of benzene rings is 1. The van der Waals surface area contributed by atoms with E-state index in [9.17, 15) is 12.8 Å². The summed E-state index contributed by atoms with van der Waals surface area (Å²) in [4.78, 5) is -0.340. The van der Waals surface area contributed by atoms with E-state index in [0.29, 0.717) is 18.7 Å². The molecule has 1 aromatic carbocycles. The summed E-state index contributed by atoms with van der Waals surface area (Å²) >= 11 is 0. The third-order valence-corrected chi connectivity index (χ3v) is 5.30. The van der Waals surface area contributed by atoms with E-state index >= 15 is 0 Å². The normalized spacial score (nSPS) is 21.5. The minimum atomic E-state index is -3.81. The average molecular weight is 287 g/mol. The van der Waals surface area contributed by atoms with Crippen LogP contribution in [0.25, 0.3) is 0 Å². The molecule has 0 saturated carbocycles. The lowest BCUT2D eigenvalue weighted by atomic mass is 10.0. The highest BCUT2D eigenvalue weighted by atomic mass is 32.2. The number of sulfonamides is 1. The van der Waals surface area contributed by atoms with Gasteiger partial charge in [-0.15, -0.1) is 0 Å². The fourth-order valence-electron chi connectivity index (χ4n) is 2.35. The van der Waals surface area contributed by atoms with E-state index in [4.69, 9.17) is 5.11 Å². The van der Waals surface area contributed by atoms with Crippen molar-refractivity contribution in [3.63, 3.8) is 0 Å². The van der Waals surface area contributed by atoms with Gasteiger partial charge in [0.25, 0.3) is 0 Å². The van der Waals surface area contributed by atoms with Crippen molar-refractivity contribution in [1.82, 2.24) is 4.31 Å². The van der Waals surface area contributed by atoms with Gasteiger partial charge in [-0.3, -0.25) is 0 Å². The zero-order valence-corrected chi connectivity index (χ0v) is 11.7. The standard InChI is InChI=1S/C13H18FNO3S/c1-10-3-2-6-15(8-10)19(17,18)13-7-11(9-16)4-5-12(13)14/h4-5,7,10,16H,2-3,6,8-9H2,1H3. The number of aliphatic hydroxyl groups excluding tert-OH is 1. The van der Waals surface area contributed by atoms with Gasteiger partial charge in [-0.25, -0.2) is 12.8 Å². The third-order valence-electron chi connectivity index (χ3n) is 3.42. The molecule has 1 aliphatic rings. The van der Waals surface area contributed by atoms with E-state index < -0.39 is 15.8 Å². The van der Waals surface area contributed by atoms with E-state index in [1.807, 2.05) is 6.92 Å². The second-order valence-corrected chi connectivity index (χ2v) is 6.94. The lowest BCUT2D eigenvalue weighted by Gasteiger charge is -2.30. The van der Waals surface area contributed by atoms with Crippen LogP contribution >= 0.6 is 0 Å². The Balaban J connectivity index is 2.38. The van der Waals surface area contributed by atoms with Crippen LogP contribution in [-0.2, 0) is 16.6 Å². The highest BCUT2D eigenvalue weighted by molar-refractivity contribution is 7.89. The summed E-state index contributed by atoms with van der Waals surface area (Å²) in [7, 11) is -3.81. The summed E-state index contributed by atoms with van der Waals surface area (Å²) in [6, 6.07) is 3.68. The Morgan fingerprint density at radius 2 is 2.21 bits per heavy atom. The van der Waals surface area contributed by atoms with Crippen molar-refractivity contribution in [2.45, 2.75) is 31.3 Å². The van der Waals surface area contributed by atoms with Crippen molar-refractivity contribution < 1.29 is 17.9 Å². The van der Waals surface area contributed by atoms with Gasteiger partial charge >= 0.3 is 0 Å². The van der Waals surface area contributed by atoms with Crippen LogP contribution < -0.4 is 0 Å². The first-order valence-corrected chi connectivity index (χ1v) is 7.78. The van der Waals surface area contributed by atoms with Gasteiger partial charge < -0.3 is 5.11 Å². The quantitative estimate of drug-likeness (QED) is 0.921. The first-order chi connectivity index (χ1) is 8.95. The van der Waals surface area contributed by atoms with Crippen LogP contribution in [0.3, 0.4) is 0 Å². The van der Waals surface area contributed by atoms with Crippen LogP contribution in [0.15, 0.2) is 23.1 Å². The summed E-state index contributed by atoms with van der Waals surface area (Å²) in [5, 5.41) is 9.04. The molecule has 0 aliphatic carbocycles. The molecule has 1 heterocycles. The zero-order chi connectivity index (χ0) is 14.0. The number of aliphatic hydroxyl groups is 1. The SMILES string of the molecule is CC1CCCN(S(=O)(=O)c2cc(CO)ccc2F)C1. The fourth-order valence-corrected chi connectivity index (χ4v) is 4.06. The van der Waals surface area contributed by atoms with Crippen LogP contribution in [0, 0.1) is 11.7 Å². The van der Waals surface area contributed by atoms with Gasteiger partial charge in [-0.2, -0.15) is 4.31 Å². The largest absolute Gasteiger partial charge is 0.392 e. The Labute approximate surface area is 112 Å². The number of hydrogen-bond acceptors (Lipinski definition) is 3. The topological polar surface area (TPSA) is 57.6 Å². The van der Waals surface area contributed by atoms with E-state index in [-0.39, 0.29) is 17.4 Å². The smallest absolute Gasteiger partial charge is 0.246 e. The molecule has 1 unspecified atom stereocenters. The molecular weight excluding hydrogens is 269 g/mol. The third kappa shape index (κ3) is 2.96. The van der Waals surface area contributed by atoms with E-state index in [2.05, 4.69) is 0 Å². The van der Waals surface area contributed by atoms with Crippen LogP contribution in [0.4, 0.5) is 4.39 Å². The summed E-state index contributed by atoms with van der Waals surface area (Å²) in [6.45, 7) is 2.53. The fraction of sp³-hybridized carbons (Fsp3) is 0.538. The first kappa shape index (κ1) is 14.4. The zero-order valence-electron chi connectivity index (χ0n) is 10.8. The number of nitrogens with zero attached hydrogens (tertiary/aromatic N) is 1. The van der Waals surface area contributed by atoms with Crippen molar-refractivity contribution in [2.75, 3.05) is 13.1 Å². The van der Waals surface area contributed by atoms with Gasteiger partial charge in [0.05, 0.1) is 6.61 Å². The Hall–Kier alpha value is -0.980. The van der Waals surface area contributed by atoms with Crippen LogP contribution in [-0.4, -0.2) is 30.9 Å². The molecule has 1 atom stereocenters. The molecule has 19 heavy (non-hydrogen) atoms. The van der Waals surface area contributed by atoms with Crippen LogP contribution in [0.1, 0.15) is 25.3 Å². The molecule has 0 amide bonds. The van der Waals surface area contributed by atoms with Crippen molar-refractivity contribution in [3.05, 3.63) is 29.6 Å². The van der Waals surface area contributed by atoms with Crippen LogP contribution in [0.5, 0.6) is 0 Å². The molecule has 4 nitrogen and oxygen atoms in total. The maximum Gasteiger partial charge on any atom is 0.246 e. The van der Waals surface area contributed by atoms with Gasteiger partial charge in [0.1, 0.15) is 10.7 Å². The lowest BCUT2D eigenvalue weighted by Crippen LogP contribution is -2.39. The van der Waals surface area contributed by atoms with E-state index in [1.54, 1.807) is 0 Å². The molecule has 1 fully saturated rings. The number of hydrogen-bond donors (Lipinski definition) is 1. The Morgan fingerprint density at radius 3 is 2.84 bits per heavy atom. The molecule has 0 aromatic heterocycles. The first-order valence-electron chi connectivity index (χ1n) is 6.34. The average Bonchev–Trinajstić information content (AvgIpc) is 2.39. The molecule has 2 rings (SSSR count). The molecule has 0 spiro atoms. The van der Waals surface area contributed by atoms with Gasteiger partial charge in [0.2, 0.25) is 10.0 Å². The van der Waals surface area contributed by atoms with Gasteiger partial charge in [-0.1, -0.05) is 13.0 Å². The second-order valence-electron chi connectivity index (χ2n) is 5.03. The van der Waals surface area contributed by atoms with E-state index in [1.165, 1.54) is 16.4 Å². The maximum absolute atomic E-state index is 13.8. The molecule has 1 saturated heterocycles. The summed E-state index contributed by atoms with van der Waals surface area (Å²) in [6.07, 6.45) is 1.78. The monoisotopic (exact) mass is 287 g/mol. The van der Waals surface area contributed by atoms with Crippen molar-refractivity contribution in [1.29, 1.82) is 0 Å². The second kappa shape index (κ2) is 5.56. The minimum absolute atomic E-state index is 0.285. The highest BCUT2D eigenvalue weighted by Crippen LogP contribution is 2.25. The Bertz CT molecular complexity index is 559. The molecule has 106 valence electrons. The van der Waals surface area contributed by atoms with Crippen LogP contribution in [0.2, 0.25) is 0 Å². The lowest BCUT2D eigenvalue weighted by molar-refractivity contribution is 0.278. The van der Waals surface area contributed by atoms with E-state index in [0.717, 1.165) is 18.9 Å². The Kier molecular flexibility index (Phi) is 4.23.